The molecular formula is C28H43N7O3S. The number of nitrogens with zero attached hydrogens (tertiary/aromatic N) is 3. The maximum absolute atomic E-state index is 13.1. The summed E-state index contributed by atoms with van der Waals surface area (Å²) < 4.78 is 0. The fraction of sp³-hybridized carbons (Fsp3) is 0.607. The lowest BCUT2D eigenvalue weighted by Crippen LogP contribution is -2.45. The van der Waals surface area contributed by atoms with Crippen LogP contribution in [0.15, 0.2) is 35.0 Å². The summed E-state index contributed by atoms with van der Waals surface area (Å²) in [6.45, 7) is 8.53. The first-order valence-corrected chi connectivity index (χ1v) is 15.0. The molecule has 3 fully saturated rings. The number of likely N-dealkylation sites (tertiary alicyclic amines) is 2. The van der Waals surface area contributed by atoms with Gasteiger partial charge in [0.15, 0.2) is 0 Å². The van der Waals surface area contributed by atoms with Crippen molar-refractivity contribution in [3.05, 3.63) is 40.6 Å². The van der Waals surface area contributed by atoms with Gasteiger partial charge in [-0.25, -0.2) is 0 Å². The quantitative estimate of drug-likeness (QED) is 0.239. The number of hydrogen-bond donors (Lipinski definition) is 4. The van der Waals surface area contributed by atoms with E-state index in [1.807, 2.05) is 19.1 Å². The molecule has 39 heavy (non-hydrogen) atoms. The second kappa shape index (κ2) is 14.0. The summed E-state index contributed by atoms with van der Waals surface area (Å²) >= 11 is 1.32. The lowest BCUT2D eigenvalue weighted by atomic mass is 10.1. The third-order valence-corrected chi connectivity index (χ3v) is 8.95. The number of carbonyl (C=O) groups excluding carboxylic acids is 3. The Hall–Kier alpha value is -2.76. The summed E-state index contributed by atoms with van der Waals surface area (Å²) in [6.07, 6.45) is 5.25. The summed E-state index contributed by atoms with van der Waals surface area (Å²) in [4.78, 5) is 44.9. The fourth-order valence-electron chi connectivity index (χ4n) is 5.27. The average molecular weight is 558 g/mol. The Morgan fingerprint density at radius 3 is 2.59 bits per heavy atom. The number of nitrogens with two attached hydrogens (primary N) is 1. The van der Waals surface area contributed by atoms with Crippen LogP contribution in [-0.4, -0.2) is 103 Å². The molecule has 0 unspecified atom stereocenters. The van der Waals surface area contributed by atoms with E-state index >= 15 is 0 Å². The molecule has 10 nitrogen and oxygen atoms in total. The second-order valence-electron chi connectivity index (χ2n) is 10.6. The SMILES string of the molecule is CCN1C(=O)[C@@H](CNc2cccc(C(=O)NCCCN3CCCC3)c2)S/C1=C(/N)C(=O)NC1CCN(C)CC1. The van der Waals surface area contributed by atoms with Crippen molar-refractivity contribution in [3.8, 4) is 0 Å². The fourth-order valence-corrected chi connectivity index (χ4v) is 6.50. The van der Waals surface area contributed by atoms with E-state index in [0.717, 1.165) is 57.7 Å². The maximum atomic E-state index is 13.1. The van der Waals surface area contributed by atoms with Crippen LogP contribution in [0.1, 0.15) is 49.4 Å². The van der Waals surface area contributed by atoms with Crippen LogP contribution < -0.4 is 21.7 Å². The molecule has 0 aliphatic carbocycles. The minimum atomic E-state index is -0.419. The third kappa shape index (κ3) is 7.89. The van der Waals surface area contributed by atoms with Crippen molar-refractivity contribution in [1.82, 2.24) is 25.3 Å². The molecule has 4 rings (SSSR count). The van der Waals surface area contributed by atoms with E-state index in [4.69, 9.17) is 5.73 Å². The van der Waals surface area contributed by atoms with Gasteiger partial charge in [-0.3, -0.25) is 14.4 Å². The van der Waals surface area contributed by atoms with E-state index in [0.29, 0.717) is 30.2 Å². The molecule has 0 spiro atoms. The smallest absolute Gasteiger partial charge is 0.270 e. The highest BCUT2D eigenvalue weighted by atomic mass is 32.2. The Labute approximate surface area is 236 Å². The van der Waals surface area contributed by atoms with Crippen LogP contribution in [0.3, 0.4) is 0 Å². The lowest BCUT2D eigenvalue weighted by molar-refractivity contribution is -0.127. The monoisotopic (exact) mass is 557 g/mol. The topological polar surface area (TPSA) is 123 Å². The molecule has 3 saturated heterocycles. The zero-order valence-corrected chi connectivity index (χ0v) is 24.0. The van der Waals surface area contributed by atoms with Crippen molar-refractivity contribution >= 4 is 35.2 Å². The zero-order chi connectivity index (χ0) is 27.8. The van der Waals surface area contributed by atoms with E-state index in [1.165, 1.54) is 24.6 Å². The number of hydrogen-bond acceptors (Lipinski definition) is 8. The molecule has 0 aromatic heterocycles. The normalized spacial score (nSPS) is 22.3. The predicted octanol–water partition coefficient (Wildman–Crippen LogP) is 1.62. The molecular weight excluding hydrogens is 514 g/mol. The van der Waals surface area contributed by atoms with Crippen LogP contribution in [0.2, 0.25) is 0 Å². The van der Waals surface area contributed by atoms with Crippen molar-refractivity contribution in [3.63, 3.8) is 0 Å². The number of anilines is 1. The minimum Gasteiger partial charge on any atom is -0.392 e. The highest BCUT2D eigenvalue weighted by molar-refractivity contribution is 8.04. The molecule has 3 aliphatic heterocycles. The van der Waals surface area contributed by atoms with E-state index < -0.39 is 5.25 Å². The summed E-state index contributed by atoms with van der Waals surface area (Å²) in [5.74, 6) is -0.491. The largest absolute Gasteiger partial charge is 0.392 e. The van der Waals surface area contributed by atoms with E-state index in [1.54, 1.807) is 17.0 Å². The highest BCUT2D eigenvalue weighted by Crippen LogP contribution is 2.36. The number of amides is 3. The highest BCUT2D eigenvalue weighted by Gasteiger charge is 2.38. The molecule has 1 atom stereocenters. The molecule has 1 aromatic rings. The molecule has 3 amide bonds. The molecule has 0 saturated carbocycles. The number of piperidine rings is 1. The Kier molecular flexibility index (Phi) is 10.5. The first-order chi connectivity index (χ1) is 18.9. The first kappa shape index (κ1) is 29.2. The van der Waals surface area contributed by atoms with Crippen molar-refractivity contribution in [2.24, 2.45) is 5.73 Å². The van der Waals surface area contributed by atoms with Crippen LogP contribution in [0.4, 0.5) is 5.69 Å². The van der Waals surface area contributed by atoms with E-state index in [9.17, 15) is 14.4 Å². The summed E-state index contributed by atoms with van der Waals surface area (Å²) in [5.41, 5.74) is 7.72. The first-order valence-electron chi connectivity index (χ1n) is 14.2. The van der Waals surface area contributed by atoms with Crippen LogP contribution in [0, 0.1) is 0 Å². The van der Waals surface area contributed by atoms with Gasteiger partial charge in [0, 0.05) is 36.9 Å². The summed E-state index contributed by atoms with van der Waals surface area (Å²) in [7, 11) is 2.07. The van der Waals surface area contributed by atoms with Crippen LogP contribution in [-0.2, 0) is 9.59 Å². The molecule has 0 bridgehead atoms. The van der Waals surface area contributed by atoms with Crippen LogP contribution in [0.25, 0.3) is 0 Å². The summed E-state index contributed by atoms with van der Waals surface area (Å²) in [6, 6.07) is 7.40. The number of nitrogens with one attached hydrogen (secondary N) is 3. The van der Waals surface area contributed by atoms with Crippen molar-refractivity contribution in [2.45, 2.75) is 50.3 Å². The molecule has 0 radical (unpaired) electrons. The van der Waals surface area contributed by atoms with Crippen molar-refractivity contribution in [2.75, 3.05) is 64.7 Å². The van der Waals surface area contributed by atoms with Crippen LogP contribution >= 0.6 is 11.8 Å². The van der Waals surface area contributed by atoms with Gasteiger partial charge < -0.3 is 36.4 Å². The van der Waals surface area contributed by atoms with Crippen LogP contribution in [0.5, 0.6) is 0 Å². The van der Waals surface area contributed by atoms with Gasteiger partial charge in [0.25, 0.3) is 11.8 Å². The van der Waals surface area contributed by atoms with Gasteiger partial charge in [0.2, 0.25) is 5.91 Å². The van der Waals surface area contributed by atoms with Gasteiger partial charge >= 0.3 is 0 Å². The predicted molar refractivity (Wildman–Crippen MR) is 156 cm³/mol. The number of carbonyl (C=O) groups is 3. The van der Waals surface area contributed by atoms with Gasteiger partial charge in [0.1, 0.15) is 16.0 Å². The van der Waals surface area contributed by atoms with E-state index in [2.05, 4.69) is 32.8 Å². The molecule has 11 heteroatoms. The van der Waals surface area contributed by atoms with E-state index in [-0.39, 0.29) is 29.5 Å². The maximum Gasteiger partial charge on any atom is 0.270 e. The molecule has 214 valence electrons. The van der Waals surface area contributed by atoms with Crippen molar-refractivity contribution < 1.29 is 14.4 Å². The molecule has 5 N–H and O–H groups in total. The Morgan fingerprint density at radius 1 is 1.13 bits per heavy atom. The van der Waals surface area contributed by atoms with Gasteiger partial charge in [-0.2, -0.15) is 0 Å². The third-order valence-electron chi connectivity index (χ3n) is 7.64. The zero-order valence-electron chi connectivity index (χ0n) is 23.2. The Balaban J connectivity index is 1.29. The summed E-state index contributed by atoms with van der Waals surface area (Å²) in [5, 5.41) is 9.44. The van der Waals surface area contributed by atoms with Gasteiger partial charge in [-0.05, 0) is 97.0 Å². The number of benzene rings is 1. The van der Waals surface area contributed by atoms with Crippen molar-refractivity contribution in [1.29, 1.82) is 0 Å². The lowest BCUT2D eigenvalue weighted by Gasteiger charge is -2.29. The number of rotatable bonds is 11. The molecule has 1 aromatic carbocycles. The standard InChI is InChI=1S/C28H43N7O3S/c1-3-35-27(38)23(39-28(35)24(29)26(37)32-21-10-16-33(2)17-11-21)19-31-22-9-6-8-20(18-22)25(36)30-12-7-15-34-13-4-5-14-34/h6,8-9,18,21,23,31H,3-5,7,10-17,19,29H2,1-2H3,(H,30,36)(H,32,37)/b28-24+/t23-/m1/s1. The Morgan fingerprint density at radius 2 is 1.87 bits per heavy atom. The van der Waals surface area contributed by atoms with Gasteiger partial charge in [-0.15, -0.1) is 0 Å². The molecule has 3 heterocycles. The Bertz CT molecular complexity index is 1050. The average Bonchev–Trinajstić information content (AvgIpc) is 3.58. The second-order valence-corrected chi connectivity index (χ2v) is 11.8. The molecule has 3 aliphatic rings. The number of thioether (sulfide) groups is 1. The minimum absolute atomic E-state index is 0.0769. The van der Waals surface area contributed by atoms with Gasteiger partial charge in [0.05, 0.1) is 0 Å². The van der Waals surface area contributed by atoms with Gasteiger partial charge in [-0.1, -0.05) is 17.8 Å².